The largest absolute Gasteiger partial charge is 0.466 e. The number of furan rings is 1. The Morgan fingerprint density at radius 2 is 1.89 bits per heavy atom. The van der Waals surface area contributed by atoms with Crippen molar-refractivity contribution in [3.63, 3.8) is 0 Å². The van der Waals surface area contributed by atoms with Crippen LogP contribution in [-0.2, 0) is 20.9 Å². The Balaban J connectivity index is 1.62. The number of esters is 1. The fourth-order valence-electron chi connectivity index (χ4n) is 5.19. The lowest BCUT2D eigenvalue weighted by atomic mass is 9.85. The second-order valence-corrected chi connectivity index (χ2v) is 9.70. The van der Waals surface area contributed by atoms with Gasteiger partial charge < -0.3 is 14.1 Å². The third-order valence-electron chi connectivity index (χ3n) is 7.13. The average Bonchev–Trinajstić information content (AvgIpc) is 3.54. The molecular weight excluding hydrogens is 452 g/mol. The van der Waals surface area contributed by atoms with Gasteiger partial charge in [0, 0.05) is 30.5 Å². The van der Waals surface area contributed by atoms with Gasteiger partial charge in [-0.05, 0) is 62.1 Å². The Kier molecular flexibility index (Phi) is 8.10. The summed E-state index contributed by atoms with van der Waals surface area (Å²) >= 11 is 0. The molecular formula is C30H34N2O4. The summed E-state index contributed by atoms with van der Waals surface area (Å²) in [5.74, 6) is 0.535. The Morgan fingerprint density at radius 3 is 2.61 bits per heavy atom. The standard InChI is InChI=1S/C30H34N2O4/c1-3-5-12-28(33)32(21-30(15-8-9-16-30)29(34)35-4-2)20-22-13-14-26-24(17-22)18-27(36-26)25-11-7-6-10-23(25)19-31/h6-7,10-11,13-14,17-18H,3-5,8-9,12,15-16,20-21H2,1-2H3. The monoisotopic (exact) mass is 486 g/mol. The Labute approximate surface area is 212 Å². The molecule has 0 radical (unpaired) electrons. The fourth-order valence-corrected chi connectivity index (χ4v) is 5.19. The summed E-state index contributed by atoms with van der Waals surface area (Å²) in [6.07, 6.45) is 5.70. The van der Waals surface area contributed by atoms with Gasteiger partial charge in [-0.2, -0.15) is 5.26 Å². The lowest BCUT2D eigenvalue weighted by molar-refractivity contribution is -0.157. The molecule has 1 aromatic heterocycles. The zero-order valence-electron chi connectivity index (χ0n) is 21.2. The summed E-state index contributed by atoms with van der Waals surface area (Å²) in [6.45, 7) is 5.06. The number of nitrogens with zero attached hydrogens (tertiary/aromatic N) is 2. The van der Waals surface area contributed by atoms with E-state index < -0.39 is 5.41 Å². The molecule has 188 valence electrons. The average molecular weight is 487 g/mol. The molecule has 0 spiro atoms. The van der Waals surface area contributed by atoms with Gasteiger partial charge in [0.15, 0.2) is 0 Å². The number of carbonyl (C=O) groups excluding carboxylic acids is 2. The zero-order chi connectivity index (χ0) is 25.5. The molecule has 2 aromatic carbocycles. The van der Waals surface area contributed by atoms with Crippen LogP contribution in [-0.4, -0.2) is 29.9 Å². The maximum atomic E-state index is 13.3. The van der Waals surface area contributed by atoms with Gasteiger partial charge in [0.1, 0.15) is 11.3 Å². The summed E-state index contributed by atoms with van der Waals surface area (Å²) in [5.41, 5.74) is 2.40. The number of unbranched alkanes of at least 4 members (excludes halogenated alkanes) is 1. The van der Waals surface area contributed by atoms with Crippen LogP contribution in [0.15, 0.2) is 52.9 Å². The highest BCUT2D eigenvalue weighted by Gasteiger charge is 2.44. The molecule has 1 saturated carbocycles. The van der Waals surface area contributed by atoms with Crippen molar-refractivity contribution in [1.82, 2.24) is 4.90 Å². The lowest BCUT2D eigenvalue weighted by Crippen LogP contribution is -2.44. The van der Waals surface area contributed by atoms with Crippen LogP contribution in [0.5, 0.6) is 0 Å². The SMILES string of the molecule is CCCCC(=O)N(Cc1ccc2oc(-c3ccccc3C#N)cc2c1)CC1(C(=O)OCC)CCCC1. The van der Waals surface area contributed by atoms with Gasteiger partial charge in [-0.15, -0.1) is 0 Å². The molecule has 0 atom stereocenters. The fraction of sp³-hybridized carbons (Fsp3) is 0.433. The van der Waals surface area contributed by atoms with E-state index >= 15 is 0 Å². The normalized spacial score (nSPS) is 14.5. The molecule has 1 amide bonds. The Hall–Kier alpha value is -3.59. The molecule has 0 unspecified atom stereocenters. The number of hydrogen-bond acceptors (Lipinski definition) is 5. The minimum Gasteiger partial charge on any atom is -0.466 e. The zero-order valence-corrected chi connectivity index (χ0v) is 21.2. The van der Waals surface area contributed by atoms with Gasteiger partial charge in [0.25, 0.3) is 0 Å². The molecule has 0 aliphatic heterocycles. The topological polar surface area (TPSA) is 83.5 Å². The second-order valence-electron chi connectivity index (χ2n) is 9.70. The predicted molar refractivity (Wildman–Crippen MR) is 139 cm³/mol. The van der Waals surface area contributed by atoms with Crippen molar-refractivity contribution >= 4 is 22.8 Å². The molecule has 1 heterocycles. The molecule has 0 bridgehead atoms. The van der Waals surface area contributed by atoms with E-state index in [2.05, 4.69) is 13.0 Å². The van der Waals surface area contributed by atoms with E-state index in [9.17, 15) is 14.9 Å². The highest BCUT2D eigenvalue weighted by Crippen LogP contribution is 2.41. The first-order chi connectivity index (χ1) is 17.5. The van der Waals surface area contributed by atoms with Crippen LogP contribution in [0.1, 0.15) is 69.9 Å². The molecule has 4 rings (SSSR count). The van der Waals surface area contributed by atoms with E-state index in [0.717, 1.165) is 60.6 Å². The van der Waals surface area contributed by atoms with Crippen molar-refractivity contribution in [2.24, 2.45) is 5.41 Å². The molecule has 1 aliphatic rings. The van der Waals surface area contributed by atoms with Gasteiger partial charge in [-0.3, -0.25) is 9.59 Å². The van der Waals surface area contributed by atoms with Crippen LogP contribution in [0.4, 0.5) is 0 Å². The number of fused-ring (bicyclic) bond motifs is 1. The molecule has 1 fully saturated rings. The van der Waals surface area contributed by atoms with Gasteiger partial charge in [0.05, 0.1) is 23.7 Å². The molecule has 1 aliphatic carbocycles. The van der Waals surface area contributed by atoms with Crippen LogP contribution in [0, 0.1) is 16.7 Å². The van der Waals surface area contributed by atoms with Gasteiger partial charge in [-0.25, -0.2) is 0 Å². The summed E-state index contributed by atoms with van der Waals surface area (Å²) in [5, 5.41) is 10.4. The predicted octanol–water partition coefficient (Wildman–Crippen LogP) is 6.61. The number of nitriles is 1. The van der Waals surface area contributed by atoms with E-state index in [1.165, 1.54) is 0 Å². The quantitative estimate of drug-likeness (QED) is 0.301. The first-order valence-corrected chi connectivity index (χ1v) is 13.0. The molecule has 3 aromatic rings. The summed E-state index contributed by atoms with van der Waals surface area (Å²) in [7, 11) is 0. The van der Waals surface area contributed by atoms with Crippen LogP contribution >= 0.6 is 0 Å². The third kappa shape index (κ3) is 5.46. The maximum Gasteiger partial charge on any atom is 0.313 e. The maximum absolute atomic E-state index is 13.3. The van der Waals surface area contributed by atoms with Crippen molar-refractivity contribution < 1.29 is 18.7 Å². The minimum atomic E-state index is -0.619. The number of rotatable bonds is 10. The minimum absolute atomic E-state index is 0.0725. The Bertz CT molecular complexity index is 1260. The van der Waals surface area contributed by atoms with E-state index in [1.54, 1.807) is 6.07 Å². The van der Waals surface area contributed by atoms with Crippen LogP contribution < -0.4 is 0 Å². The summed E-state index contributed by atoms with van der Waals surface area (Å²) in [6, 6.07) is 17.4. The molecule has 0 saturated heterocycles. The van der Waals surface area contributed by atoms with Gasteiger partial charge >= 0.3 is 5.97 Å². The third-order valence-corrected chi connectivity index (χ3v) is 7.13. The van der Waals surface area contributed by atoms with Crippen molar-refractivity contribution in [2.45, 2.75) is 65.3 Å². The first-order valence-electron chi connectivity index (χ1n) is 13.0. The second kappa shape index (κ2) is 11.4. The highest BCUT2D eigenvalue weighted by atomic mass is 16.5. The highest BCUT2D eigenvalue weighted by molar-refractivity contribution is 5.85. The number of carbonyl (C=O) groups is 2. The van der Waals surface area contributed by atoms with E-state index in [-0.39, 0.29) is 11.9 Å². The Morgan fingerprint density at radius 1 is 1.11 bits per heavy atom. The smallest absolute Gasteiger partial charge is 0.313 e. The van der Waals surface area contributed by atoms with Crippen molar-refractivity contribution in [3.05, 3.63) is 59.7 Å². The van der Waals surface area contributed by atoms with E-state index in [1.807, 2.05) is 54.3 Å². The number of ether oxygens (including phenoxy) is 1. The van der Waals surface area contributed by atoms with Crippen LogP contribution in [0.3, 0.4) is 0 Å². The van der Waals surface area contributed by atoms with E-state index in [0.29, 0.717) is 37.4 Å². The molecule has 0 N–H and O–H groups in total. The number of benzene rings is 2. The number of hydrogen-bond donors (Lipinski definition) is 0. The van der Waals surface area contributed by atoms with Crippen molar-refractivity contribution in [1.29, 1.82) is 5.26 Å². The first kappa shape index (κ1) is 25.5. The van der Waals surface area contributed by atoms with Crippen molar-refractivity contribution in [3.8, 4) is 17.4 Å². The molecule has 36 heavy (non-hydrogen) atoms. The molecule has 6 nitrogen and oxygen atoms in total. The van der Waals surface area contributed by atoms with Crippen LogP contribution in [0.2, 0.25) is 0 Å². The summed E-state index contributed by atoms with van der Waals surface area (Å²) < 4.78 is 11.5. The lowest BCUT2D eigenvalue weighted by Gasteiger charge is -2.34. The van der Waals surface area contributed by atoms with E-state index in [4.69, 9.17) is 9.15 Å². The van der Waals surface area contributed by atoms with Gasteiger partial charge in [-0.1, -0.05) is 44.4 Å². The number of amides is 1. The molecule has 6 heteroatoms. The summed E-state index contributed by atoms with van der Waals surface area (Å²) in [4.78, 5) is 28.1. The van der Waals surface area contributed by atoms with Crippen molar-refractivity contribution in [2.75, 3.05) is 13.2 Å². The van der Waals surface area contributed by atoms with Crippen LogP contribution in [0.25, 0.3) is 22.3 Å². The van der Waals surface area contributed by atoms with Gasteiger partial charge in [0.2, 0.25) is 5.91 Å².